The number of aliphatic hydroxyl groups is 1. The molecule has 0 radical (unpaired) electrons. The van der Waals surface area contributed by atoms with Crippen LogP contribution in [0.25, 0.3) is 0 Å². The number of nitrogens with zero attached hydrogens (tertiary/aromatic N) is 2. The Bertz CT molecular complexity index is 1350. The number of hydrogen-bond acceptors (Lipinski definition) is 7. The Hall–Kier alpha value is -2.60. The van der Waals surface area contributed by atoms with Crippen LogP contribution in [-0.2, 0) is 24.8 Å². The summed E-state index contributed by atoms with van der Waals surface area (Å²) in [5.41, 5.74) is -0.665. The van der Waals surface area contributed by atoms with E-state index in [0.717, 1.165) is 25.5 Å². The Kier molecular flexibility index (Phi) is 5.99. The minimum Gasteiger partial charge on any atom is -0.511 e. The molecular formula is C23H32N4O6S2. The summed E-state index contributed by atoms with van der Waals surface area (Å²) in [6, 6.07) is 4.04. The van der Waals surface area contributed by atoms with Crippen LogP contribution >= 0.6 is 0 Å². The normalized spacial score (nSPS) is 24.5. The first-order valence-electron chi connectivity index (χ1n) is 11.5. The van der Waals surface area contributed by atoms with Gasteiger partial charge in [0.05, 0.1) is 11.9 Å². The molecule has 3 aliphatic rings. The van der Waals surface area contributed by atoms with Crippen LogP contribution in [0.1, 0.15) is 53.4 Å². The summed E-state index contributed by atoms with van der Waals surface area (Å²) in [5, 5.41) is 14.2. The lowest BCUT2D eigenvalue weighted by atomic mass is 9.74. The summed E-state index contributed by atoms with van der Waals surface area (Å²) in [6.07, 6.45) is 4.10. The van der Waals surface area contributed by atoms with Crippen LogP contribution < -0.4 is 10.0 Å². The van der Waals surface area contributed by atoms with Crippen molar-refractivity contribution in [2.45, 2.75) is 64.3 Å². The van der Waals surface area contributed by atoms with Crippen molar-refractivity contribution < 1.29 is 26.7 Å². The number of rotatable bonds is 6. The maximum atomic E-state index is 13.5. The molecule has 12 heteroatoms. The van der Waals surface area contributed by atoms with Crippen LogP contribution in [0.3, 0.4) is 0 Å². The first-order chi connectivity index (χ1) is 16.0. The smallest absolute Gasteiger partial charge is 0.286 e. The van der Waals surface area contributed by atoms with Crippen molar-refractivity contribution in [3.05, 3.63) is 29.5 Å². The topological polar surface area (TPSA) is 145 Å². The van der Waals surface area contributed by atoms with E-state index >= 15 is 0 Å². The van der Waals surface area contributed by atoms with Gasteiger partial charge in [0, 0.05) is 23.7 Å². The van der Waals surface area contributed by atoms with Gasteiger partial charge in [-0.2, -0.15) is 8.42 Å². The van der Waals surface area contributed by atoms with E-state index in [-0.39, 0.29) is 44.9 Å². The van der Waals surface area contributed by atoms with Gasteiger partial charge in [0.2, 0.25) is 10.0 Å². The van der Waals surface area contributed by atoms with Crippen molar-refractivity contribution in [3.8, 4) is 0 Å². The molecule has 0 aromatic heterocycles. The van der Waals surface area contributed by atoms with Crippen LogP contribution in [0.4, 0.5) is 11.4 Å². The van der Waals surface area contributed by atoms with Crippen LogP contribution in [0.5, 0.6) is 0 Å². The van der Waals surface area contributed by atoms with Crippen molar-refractivity contribution in [1.82, 2.24) is 4.90 Å². The van der Waals surface area contributed by atoms with E-state index in [9.17, 15) is 26.7 Å². The average Bonchev–Trinajstić information content (AvgIpc) is 3.53. The van der Waals surface area contributed by atoms with Crippen molar-refractivity contribution in [3.63, 3.8) is 0 Å². The molecule has 3 N–H and O–H groups in total. The van der Waals surface area contributed by atoms with E-state index in [4.69, 9.17) is 0 Å². The third-order valence-electron chi connectivity index (χ3n) is 6.48. The van der Waals surface area contributed by atoms with Gasteiger partial charge in [-0.05, 0) is 49.3 Å². The minimum absolute atomic E-state index is 0.00984. The monoisotopic (exact) mass is 524 g/mol. The van der Waals surface area contributed by atoms with E-state index in [1.54, 1.807) is 4.90 Å². The largest absolute Gasteiger partial charge is 0.511 e. The highest BCUT2D eigenvalue weighted by atomic mass is 32.2. The van der Waals surface area contributed by atoms with Gasteiger partial charge >= 0.3 is 0 Å². The van der Waals surface area contributed by atoms with Gasteiger partial charge < -0.3 is 15.3 Å². The number of fused-ring (bicyclic) bond motifs is 1. The Morgan fingerprint density at radius 1 is 1.29 bits per heavy atom. The number of aliphatic hydroxyl groups excluding tert-OH is 1. The summed E-state index contributed by atoms with van der Waals surface area (Å²) in [4.78, 5) is 15.0. The second kappa shape index (κ2) is 8.22. The SMILES string of the molecule is CC(C)(C)CC[C@]1(C)CN(C2CC2)C(=O)C(C2=NS(=O)(=O)c3cc(NS(C)(=O)=O)ccc3N2)=C1O. The van der Waals surface area contributed by atoms with Crippen molar-refractivity contribution in [1.29, 1.82) is 0 Å². The highest BCUT2D eigenvalue weighted by Gasteiger charge is 2.49. The number of hydrogen-bond donors (Lipinski definition) is 3. The van der Waals surface area contributed by atoms with E-state index in [1.165, 1.54) is 18.2 Å². The molecular weight excluding hydrogens is 492 g/mol. The second-order valence-corrected chi connectivity index (χ2v) is 14.5. The van der Waals surface area contributed by atoms with Crippen molar-refractivity contribution >= 4 is 43.2 Å². The molecule has 2 heterocycles. The Labute approximate surface area is 206 Å². The third-order valence-corrected chi connectivity index (χ3v) is 8.40. The second-order valence-electron chi connectivity index (χ2n) is 11.1. The van der Waals surface area contributed by atoms with Gasteiger partial charge in [0.1, 0.15) is 16.2 Å². The number of amidine groups is 1. The zero-order valence-corrected chi connectivity index (χ0v) is 22.2. The maximum absolute atomic E-state index is 13.5. The van der Waals surface area contributed by atoms with E-state index in [0.29, 0.717) is 13.0 Å². The molecule has 35 heavy (non-hydrogen) atoms. The van der Waals surface area contributed by atoms with E-state index in [1.807, 2.05) is 6.92 Å². The zero-order chi connectivity index (χ0) is 26.0. The fourth-order valence-electron chi connectivity index (χ4n) is 4.36. The standard InChI is InChI=1S/C23H32N4O6S2/c1-22(2,3)10-11-23(4)13-27(15-7-8-15)21(29)18(19(23)28)20-24-16-9-6-14(25-34(5,30)31)12-17(16)35(32,33)26-20/h6,9,12,15,25,28H,7-8,10-11,13H2,1-5H3,(H,24,26)/t23-/m1/s1. The van der Waals surface area contributed by atoms with Gasteiger partial charge in [-0.3, -0.25) is 9.52 Å². The first-order valence-corrected chi connectivity index (χ1v) is 14.8. The molecule has 1 aromatic carbocycles. The number of nitrogens with one attached hydrogen (secondary N) is 2. The molecule has 1 atom stereocenters. The Morgan fingerprint density at radius 2 is 1.94 bits per heavy atom. The molecule has 0 saturated heterocycles. The summed E-state index contributed by atoms with van der Waals surface area (Å²) < 4.78 is 55.3. The highest BCUT2D eigenvalue weighted by molar-refractivity contribution is 7.92. The first kappa shape index (κ1) is 25.5. The average molecular weight is 525 g/mol. The molecule has 1 amide bonds. The Balaban J connectivity index is 1.77. The van der Waals surface area contributed by atoms with Gasteiger partial charge in [0.15, 0.2) is 5.84 Å². The number of sulfonamides is 2. The summed E-state index contributed by atoms with van der Waals surface area (Å²) in [6.45, 7) is 8.57. The summed E-state index contributed by atoms with van der Waals surface area (Å²) in [5.74, 6) is -0.835. The number of carbonyl (C=O) groups is 1. The molecule has 1 aromatic rings. The number of anilines is 2. The lowest BCUT2D eigenvalue weighted by Gasteiger charge is -2.42. The summed E-state index contributed by atoms with van der Waals surface area (Å²) >= 11 is 0. The number of carbonyl (C=O) groups excluding carboxylic acids is 1. The van der Waals surface area contributed by atoms with Crippen molar-refractivity contribution in [2.24, 2.45) is 15.2 Å². The number of amides is 1. The summed E-state index contributed by atoms with van der Waals surface area (Å²) in [7, 11) is -7.90. The van der Waals surface area contributed by atoms with Gasteiger partial charge in [-0.25, -0.2) is 8.42 Å². The lowest BCUT2D eigenvalue weighted by Crippen LogP contribution is -2.50. The predicted molar refractivity (Wildman–Crippen MR) is 134 cm³/mol. The highest BCUT2D eigenvalue weighted by Crippen LogP contribution is 2.45. The molecule has 1 aliphatic carbocycles. The lowest BCUT2D eigenvalue weighted by molar-refractivity contribution is -0.130. The molecule has 1 fully saturated rings. The van der Waals surface area contributed by atoms with Crippen LogP contribution in [0, 0.1) is 10.8 Å². The van der Waals surface area contributed by atoms with Crippen LogP contribution in [0.2, 0.25) is 0 Å². The van der Waals surface area contributed by atoms with Gasteiger partial charge in [0.25, 0.3) is 15.9 Å². The molecule has 10 nitrogen and oxygen atoms in total. The predicted octanol–water partition coefficient (Wildman–Crippen LogP) is 3.22. The third kappa shape index (κ3) is 5.32. The van der Waals surface area contributed by atoms with Crippen LogP contribution in [0.15, 0.2) is 38.8 Å². The van der Waals surface area contributed by atoms with Gasteiger partial charge in [-0.1, -0.05) is 27.7 Å². The minimum atomic E-state index is -4.29. The molecule has 1 saturated carbocycles. The maximum Gasteiger partial charge on any atom is 0.286 e. The fraction of sp³-hybridized carbons (Fsp3) is 0.565. The molecule has 2 aliphatic heterocycles. The van der Waals surface area contributed by atoms with Gasteiger partial charge in [-0.15, -0.1) is 4.40 Å². The number of benzene rings is 1. The van der Waals surface area contributed by atoms with Crippen molar-refractivity contribution in [2.75, 3.05) is 22.8 Å². The van der Waals surface area contributed by atoms with Crippen LogP contribution in [-0.4, -0.2) is 57.4 Å². The molecule has 4 rings (SSSR count). The molecule has 0 unspecified atom stereocenters. The Morgan fingerprint density at radius 3 is 2.51 bits per heavy atom. The van der Waals surface area contributed by atoms with E-state index in [2.05, 4.69) is 35.2 Å². The fourth-order valence-corrected chi connectivity index (χ4v) is 6.06. The molecule has 0 spiro atoms. The molecule has 0 bridgehead atoms. The quantitative estimate of drug-likeness (QED) is 0.518. The van der Waals surface area contributed by atoms with E-state index < -0.39 is 31.4 Å². The zero-order valence-electron chi connectivity index (χ0n) is 20.5. The molecule has 192 valence electrons.